The Labute approximate surface area is 323 Å². The summed E-state index contributed by atoms with van der Waals surface area (Å²) in [5, 5.41) is 7.68. The van der Waals surface area contributed by atoms with Crippen LogP contribution in [-0.4, -0.2) is 4.57 Å². The SMILES string of the molecule is c1ccc(-c2ccccc2N(c2ccc(-c3ccc4c(ccc5c4c4ccccc4n5-c4ccccc4)c3)cc2)c2ccc3c(c2)sc2ccccc23)cc1. The fourth-order valence-electron chi connectivity index (χ4n) is 8.45. The number of fused-ring (bicyclic) bond motifs is 8. The molecule has 2 heterocycles. The quantitative estimate of drug-likeness (QED) is 0.166. The largest absolute Gasteiger partial charge is 0.310 e. The topological polar surface area (TPSA) is 8.17 Å². The van der Waals surface area contributed by atoms with Gasteiger partial charge in [-0.15, -0.1) is 11.3 Å². The maximum Gasteiger partial charge on any atom is 0.0547 e. The van der Waals surface area contributed by atoms with Gasteiger partial charge in [0.15, 0.2) is 0 Å². The minimum atomic E-state index is 1.11. The van der Waals surface area contributed by atoms with Gasteiger partial charge in [-0.2, -0.15) is 0 Å². The standard InChI is InChI=1S/C52H34N2S/c1-3-13-36(14-4-1)42-17-7-10-20-47(42)53(41-29-31-45-44-18-9-12-22-50(44)55-51(45)34-41)40-27-23-35(24-28-40)37-25-30-43-38(33-37)26-32-49-52(43)46-19-8-11-21-48(46)54(49)39-15-5-2-6-16-39/h1-34H. The molecule has 0 N–H and O–H groups in total. The van der Waals surface area contributed by atoms with E-state index in [-0.39, 0.29) is 0 Å². The normalized spacial score (nSPS) is 11.6. The van der Waals surface area contributed by atoms with Crippen LogP contribution in [0, 0.1) is 0 Å². The van der Waals surface area contributed by atoms with Gasteiger partial charge in [-0.3, -0.25) is 0 Å². The Hall–Kier alpha value is -6.94. The van der Waals surface area contributed by atoms with Crippen LogP contribution in [0.4, 0.5) is 17.1 Å². The zero-order chi connectivity index (χ0) is 36.3. The van der Waals surface area contributed by atoms with Crippen molar-refractivity contribution in [3.8, 4) is 27.9 Å². The predicted molar refractivity (Wildman–Crippen MR) is 237 cm³/mol. The number of hydrogen-bond acceptors (Lipinski definition) is 2. The van der Waals surface area contributed by atoms with Crippen LogP contribution >= 0.6 is 11.3 Å². The molecular formula is C52H34N2S. The van der Waals surface area contributed by atoms with E-state index in [0.717, 1.165) is 17.1 Å². The summed E-state index contributed by atoms with van der Waals surface area (Å²) >= 11 is 1.86. The summed E-state index contributed by atoms with van der Waals surface area (Å²) in [5.41, 5.74) is 11.8. The first-order valence-corrected chi connectivity index (χ1v) is 19.6. The maximum atomic E-state index is 2.41. The van der Waals surface area contributed by atoms with Crippen LogP contribution in [-0.2, 0) is 0 Å². The Morgan fingerprint density at radius 2 is 1.04 bits per heavy atom. The van der Waals surface area contributed by atoms with Crippen LogP contribution in [0.5, 0.6) is 0 Å². The van der Waals surface area contributed by atoms with E-state index in [1.54, 1.807) is 0 Å². The number of nitrogens with zero attached hydrogens (tertiary/aromatic N) is 2. The van der Waals surface area contributed by atoms with Crippen LogP contribution in [0.3, 0.4) is 0 Å². The molecule has 2 aromatic heterocycles. The number of para-hydroxylation sites is 3. The van der Waals surface area contributed by atoms with Gasteiger partial charge in [0.2, 0.25) is 0 Å². The second kappa shape index (κ2) is 12.9. The minimum Gasteiger partial charge on any atom is -0.310 e. The average Bonchev–Trinajstić information content (AvgIpc) is 3.80. The summed E-state index contributed by atoms with van der Waals surface area (Å²) in [6, 6.07) is 75.1. The van der Waals surface area contributed by atoms with Crippen molar-refractivity contribution in [2.24, 2.45) is 0 Å². The van der Waals surface area contributed by atoms with Crippen molar-refractivity contribution < 1.29 is 0 Å². The molecule has 0 aliphatic rings. The van der Waals surface area contributed by atoms with Crippen molar-refractivity contribution in [3.05, 3.63) is 206 Å². The Morgan fingerprint density at radius 3 is 1.89 bits per heavy atom. The fraction of sp³-hybridized carbons (Fsp3) is 0. The van der Waals surface area contributed by atoms with Crippen molar-refractivity contribution in [2.75, 3.05) is 4.90 Å². The molecule has 0 radical (unpaired) electrons. The fourth-order valence-corrected chi connectivity index (χ4v) is 9.59. The first kappa shape index (κ1) is 31.6. The molecule has 11 rings (SSSR count). The zero-order valence-electron chi connectivity index (χ0n) is 29.9. The van der Waals surface area contributed by atoms with Gasteiger partial charge in [-0.05, 0) is 94.2 Å². The van der Waals surface area contributed by atoms with Gasteiger partial charge in [0.25, 0.3) is 0 Å². The molecule has 55 heavy (non-hydrogen) atoms. The lowest BCUT2D eigenvalue weighted by Gasteiger charge is -2.28. The first-order valence-electron chi connectivity index (χ1n) is 18.8. The number of anilines is 3. The summed E-state index contributed by atoms with van der Waals surface area (Å²) in [6.07, 6.45) is 0. The van der Waals surface area contributed by atoms with E-state index in [1.165, 1.54) is 80.7 Å². The highest BCUT2D eigenvalue weighted by atomic mass is 32.1. The molecule has 0 spiro atoms. The van der Waals surface area contributed by atoms with E-state index in [9.17, 15) is 0 Å². The molecule has 9 aromatic carbocycles. The highest BCUT2D eigenvalue weighted by Gasteiger charge is 2.19. The van der Waals surface area contributed by atoms with Gasteiger partial charge in [0.05, 0.1) is 16.7 Å². The molecule has 0 saturated heterocycles. The van der Waals surface area contributed by atoms with Gasteiger partial charge >= 0.3 is 0 Å². The Morgan fingerprint density at radius 1 is 0.382 bits per heavy atom. The number of thiophene rings is 1. The summed E-state index contributed by atoms with van der Waals surface area (Å²) in [5.74, 6) is 0. The highest BCUT2D eigenvalue weighted by molar-refractivity contribution is 7.25. The number of benzene rings is 9. The van der Waals surface area contributed by atoms with E-state index in [4.69, 9.17) is 0 Å². The summed E-state index contributed by atoms with van der Waals surface area (Å²) in [7, 11) is 0. The molecule has 0 fully saturated rings. The molecule has 0 unspecified atom stereocenters. The second-order valence-corrected chi connectivity index (χ2v) is 15.2. The maximum absolute atomic E-state index is 2.41. The molecule has 0 saturated carbocycles. The van der Waals surface area contributed by atoms with Crippen LogP contribution in [0.2, 0.25) is 0 Å². The van der Waals surface area contributed by atoms with Crippen LogP contribution in [0.1, 0.15) is 0 Å². The molecule has 0 aliphatic heterocycles. The van der Waals surface area contributed by atoms with E-state index in [2.05, 4.69) is 216 Å². The van der Waals surface area contributed by atoms with Crippen molar-refractivity contribution in [1.82, 2.24) is 4.57 Å². The monoisotopic (exact) mass is 718 g/mol. The number of rotatable bonds is 6. The smallest absolute Gasteiger partial charge is 0.0547 e. The zero-order valence-corrected chi connectivity index (χ0v) is 30.7. The molecule has 0 bridgehead atoms. The first-order chi connectivity index (χ1) is 27.3. The molecule has 258 valence electrons. The van der Waals surface area contributed by atoms with Gasteiger partial charge < -0.3 is 9.47 Å². The Balaban J connectivity index is 1.03. The minimum absolute atomic E-state index is 1.11. The molecule has 0 amide bonds. The second-order valence-electron chi connectivity index (χ2n) is 14.1. The number of hydrogen-bond donors (Lipinski definition) is 0. The van der Waals surface area contributed by atoms with Crippen LogP contribution < -0.4 is 4.90 Å². The molecule has 0 atom stereocenters. The van der Waals surface area contributed by atoms with Crippen molar-refractivity contribution in [3.63, 3.8) is 0 Å². The Kier molecular flexibility index (Phi) is 7.39. The van der Waals surface area contributed by atoms with Crippen LogP contribution in [0.25, 0.3) is 80.7 Å². The molecule has 3 heteroatoms. The van der Waals surface area contributed by atoms with E-state index in [1.807, 2.05) is 11.3 Å². The third-order valence-electron chi connectivity index (χ3n) is 11.0. The van der Waals surface area contributed by atoms with Gasteiger partial charge in [0.1, 0.15) is 0 Å². The summed E-state index contributed by atoms with van der Waals surface area (Å²) in [6.45, 7) is 0. The molecule has 0 aliphatic carbocycles. The molecule has 11 aromatic rings. The van der Waals surface area contributed by atoms with E-state index >= 15 is 0 Å². The van der Waals surface area contributed by atoms with Gasteiger partial charge in [-0.1, -0.05) is 140 Å². The van der Waals surface area contributed by atoms with Crippen LogP contribution in [0.15, 0.2) is 206 Å². The summed E-state index contributed by atoms with van der Waals surface area (Å²) in [4.78, 5) is 2.41. The predicted octanol–water partition coefficient (Wildman–Crippen LogP) is 15.1. The van der Waals surface area contributed by atoms with Gasteiger partial charge in [-0.25, -0.2) is 0 Å². The van der Waals surface area contributed by atoms with Crippen molar-refractivity contribution in [2.45, 2.75) is 0 Å². The highest BCUT2D eigenvalue weighted by Crippen LogP contribution is 2.44. The lowest BCUT2D eigenvalue weighted by molar-refractivity contribution is 1.18. The third-order valence-corrected chi connectivity index (χ3v) is 12.1. The van der Waals surface area contributed by atoms with Crippen molar-refractivity contribution >= 4 is 81.1 Å². The average molecular weight is 719 g/mol. The molecule has 2 nitrogen and oxygen atoms in total. The third kappa shape index (κ3) is 5.24. The number of aromatic nitrogens is 1. The van der Waals surface area contributed by atoms with E-state index in [0.29, 0.717) is 0 Å². The van der Waals surface area contributed by atoms with Gasteiger partial charge in [0, 0.05) is 53.6 Å². The molecular weight excluding hydrogens is 685 g/mol. The van der Waals surface area contributed by atoms with Crippen molar-refractivity contribution in [1.29, 1.82) is 0 Å². The summed E-state index contributed by atoms with van der Waals surface area (Å²) < 4.78 is 4.99. The lowest BCUT2D eigenvalue weighted by Crippen LogP contribution is -2.11. The lowest BCUT2D eigenvalue weighted by atomic mass is 9.98. The van der Waals surface area contributed by atoms with E-state index < -0.39 is 0 Å². The Bertz CT molecular complexity index is 3190.